The molecule has 1 aromatic carbocycles. The van der Waals surface area contributed by atoms with Gasteiger partial charge in [-0.15, -0.1) is 0 Å². The number of hydrogen-bond acceptors (Lipinski definition) is 3. The molecule has 0 unspecified atom stereocenters. The number of fused-ring (bicyclic) bond motifs is 1. The molecule has 5 nitrogen and oxygen atoms in total. The molecule has 0 bridgehead atoms. The Labute approximate surface area is 173 Å². The standard InChI is InChI=1S/C20H18BrF3N4O/c21-16-17(19(29)25-13-9-5-2-6-10-13)27-28-15(20(22,23)24)11-14(26-18(16)28)12-7-3-1-4-8-12/h1,3-4,7-8,11,13H,2,5-6,9-10H2,(H,25,29). The van der Waals surface area contributed by atoms with Crippen LogP contribution in [0.1, 0.15) is 48.3 Å². The number of alkyl halides is 3. The van der Waals surface area contributed by atoms with Crippen LogP contribution < -0.4 is 5.32 Å². The summed E-state index contributed by atoms with van der Waals surface area (Å²) >= 11 is 3.25. The molecule has 0 spiro atoms. The smallest absolute Gasteiger partial charge is 0.348 e. The molecule has 0 aliphatic heterocycles. The molecule has 1 saturated carbocycles. The van der Waals surface area contributed by atoms with E-state index in [1.54, 1.807) is 30.3 Å². The summed E-state index contributed by atoms with van der Waals surface area (Å²) in [6.07, 6.45) is 0.246. The molecule has 1 fully saturated rings. The summed E-state index contributed by atoms with van der Waals surface area (Å²) in [6, 6.07) is 9.55. The highest BCUT2D eigenvalue weighted by Gasteiger charge is 2.36. The number of carbonyl (C=O) groups excluding carboxylic acids is 1. The van der Waals surface area contributed by atoms with E-state index in [9.17, 15) is 18.0 Å². The summed E-state index contributed by atoms with van der Waals surface area (Å²) in [7, 11) is 0. The molecule has 0 atom stereocenters. The summed E-state index contributed by atoms with van der Waals surface area (Å²) in [4.78, 5) is 17.0. The van der Waals surface area contributed by atoms with E-state index in [0.29, 0.717) is 10.1 Å². The van der Waals surface area contributed by atoms with E-state index in [2.05, 4.69) is 31.3 Å². The fourth-order valence-corrected chi connectivity index (χ4v) is 4.11. The van der Waals surface area contributed by atoms with Gasteiger partial charge in [0.2, 0.25) is 0 Å². The zero-order valence-electron chi connectivity index (χ0n) is 15.3. The summed E-state index contributed by atoms with van der Waals surface area (Å²) in [6.45, 7) is 0. The van der Waals surface area contributed by atoms with E-state index in [0.717, 1.165) is 38.2 Å². The van der Waals surface area contributed by atoms with Crippen molar-refractivity contribution >= 4 is 27.5 Å². The zero-order chi connectivity index (χ0) is 20.6. The summed E-state index contributed by atoms with van der Waals surface area (Å²) in [5.41, 5.74) is -0.433. The van der Waals surface area contributed by atoms with Gasteiger partial charge in [0.05, 0.1) is 10.2 Å². The highest BCUT2D eigenvalue weighted by atomic mass is 79.9. The van der Waals surface area contributed by atoms with Gasteiger partial charge >= 0.3 is 6.18 Å². The second kappa shape index (κ2) is 7.78. The van der Waals surface area contributed by atoms with E-state index in [-0.39, 0.29) is 27.5 Å². The first-order valence-corrected chi connectivity index (χ1v) is 10.2. The monoisotopic (exact) mass is 466 g/mol. The molecule has 9 heteroatoms. The largest absolute Gasteiger partial charge is 0.433 e. The van der Waals surface area contributed by atoms with E-state index in [4.69, 9.17) is 0 Å². The fraction of sp³-hybridized carbons (Fsp3) is 0.350. The van der Waals surface area contributed by atoms with Gasteiger partial charge in [0, 0.05) is 11.6 Å². The van der Waals surface area contributed by atoms with Gasteiger partial charge in [-0.1, -0.05) is 49.6 Å². The Morgan fingerprint density at radius 1 is 1.14 bits per heavy atom. The van der Waals surface area contributed by atoms with Crippen LogP contribution in [0.3, 0.4) is 0 Å². The van der Waals surface area contributed by atoms with Gasteiger partial charge < -0.3 is 5.32 Å². The quantitative estimate of drug-likeness (QED) is 0.573. The van der Waals surface area contributed by atoms with Crippen LogP contribution in [0.2, 0.25) is 0 Å². The van der Waals surface area contributed by atoms with E-state index in [1.165, 1.54) is 0 Å². The van der Waals surface area contributed by atoms with Crippen LogP contribution >= 0.6 is 15.9 Å². The molecule has 0 radical (unpaired) electrons. The number of hydrogen-bond donors (Lipinski definition) is 1. The number of rotatable bonds is 3. The minimum atomic E-state index is -4.66. The lowest BCUT2D eigenvalue weighted by Gasteiger charge is -2.22. The number of amides is 1. The molecule has 1 aliphatic rings. The molecular weight excluding hydrogens is 449 g/mol. The Kier molecular flexibility index (Phi) is 5.33. The third kappa shape index (κ3) is 4.01. The van der Waals surface area contributed by atoms with Gasteiger partial charge in [-0.05, 0) is 34.8 Å². The van der Waals surface area contributed by atoms with Crippen LogP contribution in [0, 0.1) is 0 Å². The Bertz CT molecular complexity index is 1040. The molecule has 2 aromatic heterocycles. The van der Waals surface area contributed by atoms with Crippen molar-refractivity contribution in [3.8, 4) is 11.3 Å². The van der Waals surface area contributed by atoms with E-state index in [1.807, 2.05) is 0 Å². The van der Waals surface area contributed by atoms with Crippen molar-refractivity contribution in [2.24, 2.45) is 0 Å². The minimum absolute atomic E-state index is 0.0166. The van der Waals surface area contributed by atoms with Crippen molar-refractivity contribution in [1.29, 1.82) is 0 Å². The maximum atomic E-state index is 13.7. The molecule has 4 rings (SSSR count). The molecule has 1 amide bonds. The molecule has 29 heavy (non-hydrogen) atoms. The summed E-state index contributed by atoms with van der Waals surface area (Å²) in [5.74, 6) is -0.497. The lowest BCUT2D eigenvalue weighted by atomic mass is 9.95. The van der Waals surface area contributed by atoms with Gasteiger partial charge in [-0.25, -0.2) is 9.50 Å². The molecular formula is C20H18BrF3N4O. The van der Waals surface area contributed by atoms with Gasteiger partial charge in [0.25, 0.3) is 5.91 Å². The average Bonchev–Trinajstić information content (AvgIpc) is 3.05. The Balaban J connectivity index is 1.80. The number of carbonyl (C=O) groups is 1. The Morgan fingerprint density at radius 3 is 2.48 bits per heavy atom. The van der Waals surface area contributed by atoms with Crippen molar-refractivity contribution in [3.63, 3.8) is 0 Å². The van der Waals surface area contributed by atoms with Crippen LogP contribution in [-0.2, 0) is 6.18 Å². The molecule has 1 N–H and O–H groups in total. The lowest BCUT2D eigenvalue weighted by molar-refractivity contribution is -0.142. The van der Waals surface area contributed by atoms with Crippen molar-refractivity contribution in [2.45, 2.75) is 44.3 Å². The molecule has 152 valence electrons. The SMILES string of the molecule is O=C(NC1CCCCC1)c1nn2c(C(F)(F)F)cc(-c3ccccc3)nc2c1Br. The topological polar surface area (TPSA) is 59.3 Å². The highest BCUT2D eigenvalue weighted by Crippen LogP contribution is 2.34. The normalized spacial score (nSPS) is 15.6. The zero-order valence-corrected chi connectivity index (χ0v) is 16.9. The Morgan fingerprint density at radius 2 is 1.83 bits per heavy atom. The van der Waals surface area contributed by atoms with Gasteiger partial charge in [0.1, 0.15) is 0 Å². The molecule has 1 aliphatic carbocycles. The first kappa shape index (κ1) is 19.9. The van der Waals surface area contributed by atoms with Crippen molar-refractivity contribution in [3.05, 3.63) is 52.3 Å². The molecule has 0 saturated heterocycles. The van der Waals surface area contributed by atoms with E-state index < -0.39 is 17.8 Å². The highest BCUT2D eigenvalue weighted by molar-refractivity contribution is 9.10. The first-order valence-electron chi connectivity index (χ1n) is 9.37. The number of halogens is 4. The van der Waals surface area contributed by atoms with Crippen LogP contribution in [0.4, 0.5) is 13.2 Å². The van der Waals surface area contributed by atoms with Crippen molar-refractivity contribution < 1.29 is 18.0 Å². The van der Waals surface area contributed by atoms with Gasteiger partial charge in [0.15, 0.2) is 17.0 Å². The minimum Gasteiger partial charge on any atom is -0.348 e. The molecule has 2 heterocycles. The maximum Gasteiger partial charge on any atom is 0.433 e. The van der Waals surface area contributed by atoms with Crippen molar-refractivity contribution in [1.82, 2.24) is 19.9 Å². The predicted molar refractivity (Wildman–Crippen MR) is 105 cm³/mol. The average molecular weight is 467 g/mol. The number of aromatic nitrogens is 3. The summed E-state index contributed by atoms with van der Waals surface area (Å²) < 4.78 is 42.0. The van der Waals surface area contributed by atoms with Crippen LogP contribution in [0.25, 0.3) is 16.9 Å². The van der Waals surface area contributed by atoms with Crippen LogP contribution in [0.5, 0.6) is 0 Å². The van der Waals surface area contributed by atoms with Gasteiger partial charge in [-0.2, -0.15) is 18.3 Å². The maximum absolute atomic E-state index is 13.7. The lowest BCUT2D eigenvalue weighted by Crippen LogP contribution is -2.36. The number of nitrogens with zero attached hydrogens (tertiary/aromatic N) is 3. The second-order valence-corrected chi connectivity index (χ2v) is 7.89. The Hall–Kier alpha value is -2.42. The fourth-order valence-electron chi connectivity index (χ4n) is 3.60. The van der Waals surface area contributed by atoms with Crippen LogP contribution in [-0.4, -0.2) is 26.5 Å². The summed E-state index contributed by atoms with van der Waals surface area (Å²) in [5, 5.41) is 6.84. The van der Waals surface area contributed by atoms with Crippen molar-refractivity contribution in [2.75, 3.05) is 0 Å². The van der Waals surface area contributed by atoms with E-state index >= 15 is 0 Å². The number of nitrogens with one attached hydrogen (secondary N) is 1. The second-order valence-electron chi connectivity index (χ2n) is 7.10. The molecule has 3 aromatic rings. The first-order chi connectivity index (χ1) is 13.8. The number of benzene rings is 1. The van der Waals surface area contributed by atoms with Crippen LogP contribution in [0.15, 0.2) is 40.9 Å². The third-order valence-corrected chi connectivity index (χ3v) is 5.78. The third-order valence-electron chi connectivity index (χ3n) is 5.05. The predicted octanol–water partition coefficient (Wildman–Crippen LogP) is 5.24. The van der Waals surface area contributed by atoms with Gasteiger partial charge in [-0.3, -0.25) is 4.79 Å².